The fraction of sp³-hybridized carbons (Fsp3) is 0.176. The molecule has 0 saturated heterocycles. The number of nitrogens with one attached hydrogen (secondary N) is 1. The monoisotopic (exact) mass is 312 g/mol. The molecule has 112 valence electrons. The number of hydrogen-bond acceptors (Lipinski definition) is 4. The Balaban J connectivity index is 1.94. The van der Waals surface area contributed by atoms with Crippen LogP contribution in [0.3, 0.4) is 0 Å². The molecule has 4 nitrogen and oxygen atoms in total. The first-order valence-corrected chi connectivity index (χ1v) is 7.74. The van der Waals surface area contributed by atoms with E-state index in [9.17, 15) is 4.79 Å². The van der Waals surface area contributed by atoms with Crippen LogP contribution in [0.2, 0.25) is 0 Å². The minimum absolute atomic E-state index is 0.0524. The number of nitrogens with zero attached hydrogens (tertiary/aromatic N) is 1. The van der Waals surface area contributed by atoms with Gasteiger partial charge in [0.1, 0.15) is 0 Å². The molecule has 22 heavy (non-hydrogen) atoms. The molecule has 5 heteroatoms. The van der Waals surface area contributed by atoms with Crippen molar-refractivity contribution in [3.63, 3.8) is 0 Å². The molecule has 0 unspecified atom stereocenters. The summed E-state index contributed by atoms with van der Waals surface area (Å²) in [6.07, 6.45) is 0. The third-order valence-corrected chi connectivity index (χ3v) is 4.12. The Morgan fingerprint density at radius 3 is 2.64 bits per heavy atom. The highest BCUT2D eigenvalue weighted by molar-refractivity contribution is 8.00. The third kappa shape index (κ3) is 4.35. The zero-order valence-corrected chi connectivity index (χ0v) is 13.0. The van der Waals surface area contributed by atoms with E-state index in [1.807, 2.05) is 31.2 Å². The summed E-state index contributed by atoms with van der Waals surface area (Å²) in [6.45, 7) is 1.85. The molecule has 0 aromatic heterocycles. The van der Waals surface area contributed by atoms with E-state index in [1.54, 1.807) is 18.2 Å². The minimum atomic E-state index is -0.104. The second-order valence-electron chi connectivity index (χ2n) is 4.78. The minimum Gasteiger partial charge on any atom is -0.392 e. The maximum Gasteiger partial charge on any atom is 0.234 e. The number of carbonyl (C=O) groups excluding carboxylic acids is 1. The molecule has 2 aromatic carbocycles. The Labute approximate surface area is 133 Å². The largest absolute Gasteiger partial charge is 0.392 e. The molecule has 0 atom stereocenters. The summed E-state index contributed by atoms with van der Waals surface area (Å²) in [7, 11) is 0. The lowest BCUT2D eigenvalue weighted by atomic mass is 10.1. The van der Waals surface area contributed by atoms with Gasteiger partial charge < -0.3 is 10.4 Å². The second kappa shape index (κ2) is 7.64. The Kier molecular flexibility index (Phi) is 5.59. The summed E-state index contributed by atoms with van der Waals surface area (Å²) < 4.78 is 0. The standard InChI is InChI=1S/C17H16N2O2S/c1-12-2-3-14(10-20)8-16(12)19-17(21)11-22-15-6-4-13(9-18)5-7-15/h2-8,20H,10-11H2,1H3,(H,19,21). The quantitative estimate of drug-likeness (QED) is 0.832. The van der Waals surface area contributed by atoms with Crippen molar-refractivity contribution in [2.45, 2.75) is 18.4 Å². The van der Waals surface area contributed by atoms with Crippen molar-refractivity contribution in [3.8, 4) is 6.07 Å². The first-order chi connectivity index (χ1) is 10.6. The molecule has 2 rings (SSSR count). The molecule has 2 aromatic rings. The van der Waals surface area contributed by atoms with Crippen molar-refractivity contribution >= 4 is 23.4 Å². The zero-order chi connectivity index (χ0) is 15.9. The average molecular weight is 312 g/mol. The summed E-state index contributed by atoms with van der Waals surface area (Å²) in [5, 5.41) is 20.7. The normalized spacial score (nSPS) is 10.0. The van der Waals surface area contributed by atoms with E-state index in [2.05, 4.69) is 11.4 Å². The number of benzene rings is 2. The summed E-state index contributed by atoms with van der Waals surface area (Å²) in [5.74, 6) is 0.182. The summed E-state index contributed by atoms with van der Waals surface area (Å²) in [4.78, 5) is 13.0. The van der Waals surface area contributed by atoms with Crippen molar-refractivity contribution in [2.24, 2.45) is 0 Å². The number of anilines is 1. The van der Waals surface area contributed by atoms with Gasteiger partial charge in [0.15, 0.2) is 0 Å². The van der Waals surface area contributed by atoms with E-state index < -0.39 is 0 Å². The molecular weight excluding hydrogens is 296 g/mol. The summed E-state index contributed by atoms with van der Waals surface area (Å²) in [6, 6.07) is 14.7. The van der Waals surface area contributed by atoms with Crippen LogP contribution < -0.4 is 5.32 Å². The van der Waals surface area contributed by atoms with E-state index in [0.29, 0.717) is 5.56 Å². The highest BCUT2D eigenvalue weighted by atomic mass is 32.2. The van der Waals surface area contributed by atoms with Gasteiger partial charge in [-0.05, 0) is 48.4 Å². The molecule has 0 bridgehead atoms. The first-order valence-electron chi connectivity index (χ1n) is 6.75. The van der Waals surface area contributed by atoms with Crippen LogP contribution in [0, 0.1) is 18.3 Å². The van der Waals surface area contributed by atoms with Gasteiger partial charge in [0.2, 0.25) is 5.91 Å². The van der Waals surface area contributed by atoms with Gasteiger partial charge in [-0.25, -0.2) is 0 Å². The highest BCUT2D eigenvalue weighted by Crippen LogP contribution is 2.20. The molecule has 0 heterocycles. The third-order valence-electron chi connectivity index (χ3n) is 3.11. The maximum absolute atomic E-state index is 12.0. The van der Waals surface area contributed by atoms with Gasteiger partial charge in [-0.15, -0.1) is 11.8 Å². The van der Waals surface area contributed by atoms with E-state index >= 15 is 0 Å². The smallest absolute Gasteiger partial charge is 0.234 e. The maximum atomic E-state index is 12.0. The van der Waals surface area contributed by atoms with Gasteiger partial charge >= 0.3 is 0 Å². The van der Waals surface area contributed by atoms with E-state index in [0.717, 1.165) is 21.7 Å². The SMILES string of the molecule is Cc1ccc(CO)cc1NC(=O)CSc1ccc(C#N)cc1. The van der Waals surface area contributed by atoms with Gasteiger partial charge in [0, 0.05) is 10.6 Å². The Morgan fingerprint density at radius 1 is 1.27 bits per heavy atom. The Hall–Kier alpha value is -2.29. The number of rotatable bonds is 5. The summed E-state index contributed by atoms with van der Waals surface area (Å²) in [5.41, 5.74) is 3.04. The van der Waals surface area contributed by atoms with E-state index in [4.69, 9.17) is 10.4 Å². The van der Waals surface area contributed by atoms with Crippen LogP contribution in [0.4, 0.5) is 5.69 Å². The number of hydrogen-bond donors (Lipinski definition) is 2. The number of carbonyl (C=O) groups is 1. The molecule has 0 spiro atoms. The van der Waals surface area contributed by atoms with Crippen molar-refractivity contribution < 1.29 is 9.90 Å². The molecule has 0 aliphatic heterocycles. The van der Waals surface area contributed by atoms with Gasteiger partial charge in [-0.3, -0.25) is 4.79 Å². The predicted octanol–water partition coefficient (Wildman–Crippen LogP) is 3.09. The van der Waals surface area contributed by atoms with Crippen LogP contribution in [0.5, 0.6) is 0 Å². The van der Waals surface area contributed by atoms with Crippen LogP contribution in [0.25, 0.3) is 0 Å². The number of amides is 1. The summed E-state index contributed by atoms with van der Waals surface area (Å²) >= 11 is 1.41. The van der Waals surface area contributed by atoms with Crippen LogP contribution >= 0.6 is 11.8 Å². The van der Waals surface area contributed by atoms with Gasteiger partial charge in [0.25, 0.3) is 0 Å². The van der Waals surface area contributed by atoms with Crippen molar-refractivity contribution in [3.05, 3.63) is 59.2 Å². The molecule has 0 fully saturated rings. The lowest BCUT2D eigenvalue weighted by molar-refractivity contribution is -0.113. The first kappa shape index (κ1) is 16.1. The van der Waals surface area contributed by atoms with E-state index in [-0.39, 0.29) is 18.3 Å². The Morgan fingerprint density at radius 2 is 2.00 bits per heavy atom. The van der Waals surface area contributed by atoms with Crippen molar-refractivity contribution in [2.75, 3.05) is 11.1 Å². The van der Waals surface area contributed by atoms with Crippen LogP contribution in [-0.4, -0.2) is 16.8 Å². The fourth-order valence-corrected chi connectivity index (χ4v) is 2.56. The van der Waals surface area contributed by atoms with Gasteiger partial charge in [0.05, 0.1) is 24.0 Å². The molecular formula is C17H16N2O2S. The predicted molar refractivity (Wildman–Crippen MR) is 87.6 cm³/mol. The lowest BCUT2D eigenvalue weighted by Gasteiger charge is -2.10. The number of nitriles is 1. The van der Waals surface area contributed by atoms with Gasteiger partial charge in [-0.1, -0.05) is 12.1 Å². The Bertz CT molecular complexity index is 706. The molecule has 0 saturated carbocycles. The highest BCUT2D eigenvalue weighted by Gasteiger charge is 2.07. The zero-order valence-electron chi connectivity index (χ0n) is 12.2. The second-order valence-corrected chi connectivity index (χ2v) is 5.83. The topological polar surface area (TPSA) is 73.1 Å². The average Bonchev–Trinajstić information content (AvgIpc) is 2.55. The molecule has 0 aliphatic carbocycles. The van der Waals surface area contributed by atoms with Crippen molar-refractivity contribution in [1.29, 1.82) is 5.26 Å². The number of aliphatic hydroxyl groups is 1. The molecule has 1 amide bonds. The fourth-order valence-electron chi connectivity index (χ4n) is 1.86. The van der Waals surface area contributed by atoms with Crippen LogP contribution in [0.15, 0.2) is 47.4 Å². The van der Waals surface area contributed by atoms with E-state index in [1.165, 1.54) is 11.8 Å². The molecule has 0 radical (unpaired) electrons. The number of aryl methyl sites for hydroxylation is 1. The number of aliphatic hydroxyl groups excluding tert-OH is 1. The van der Waals surface area contributed by atoms with Crippen LogP contribution in [0.1, 0.15) is 16.7 Å². The van der Waals surface area contributed by atoms with Crippen LogP contribution in [-0.2, 0) is 11.4 Å². The van der Waals surface area contributed by atoms with Crippen molar-refractivity contribution in [1.82, 2.24) is 0 Å². The van der Waals surface area contributed by atoms with Gasteiger partial charge in [-0.2, -0.15) is 5.26 Å². The molecule has 2 N–H and O–H groups in total. The lowest BCUT2D eigenvalue weighted by Crippen LogP contribution is -2.15. The number of thioether (sulfide) groups is 1. The molecule has 0 aliphatic rings.